The van der Waals surface area contributed by atoms with Gasteiger partial charge in [0.15, 0.2) is 0 Å². The fraction of sp³-hybridized carbons (Fsp3) is 0.700. The minimum absolute atomic E-state index is 0. The summed E-state index contributed by atoms with van der Waals surface area (Å²) in [6.45, 7) is 23.8. The summed E-state index contributed by atoms with van der Waals surface area (Å²) in [6, 6.07) is 6.55. The number of nitrogens with zero attached hydrogens (tertiary/aromatic N) is 2. The first-order valence-electron chi connectivity index (χ1n) is 8.81. The molecular formula is C20H38ClN2OPRu. The van der Waals surface area contributed by atoms with Crippen molar-refractivity contribution in [1.82, 2.24) is 9.88 Å². The quantitative estimate of drug-likeness (QED) is 0.454. The summed E-state index contributed by atoms with van der Waals surface area (Å²) >= 11 is 0. The van der Waals surface area contributed by atoms with Crippen molar-refractivity contribution in [2.24, 2.45) is 0 Å². The van der Waals surface area contributed by atoms with Gasteiger partial charge in [-0.15, -0.1) is 0 Å². The first kappa shape index (κ1) is 30.8. The van der Waals surface area contributed by atoms with Gasteiger partial charge < -0.3 is 18.6 Å². The van der Waals surface area contributed by atoms with Gasteiger partial charge in [-0.2, -0.15) is 0 Å². The van der Waals surface area contributed by atoms with Crippen molar-refractivity contribution < 1.29 is 38.1 Å². The summed E-state index contributed by atoms with van der Waals surface area (Å²) in [5, 5.41) is 0.703. The number of hydrogen-bond acceptors (Lipinski definition) is 3. The molecule has 0 radical (unpaired) electrons. The van der Waals surface area contributed by atoms with Crippen molar-refractivity contribution in [3.63, 3.8) is 0 Å². The Morgan fingerprint density at radius 2 is 1.42 bits per heavy atom. The van der Waals surface area contributed by atoms with Crippen LogP contribution in [0.5, 0.6) is 0 Å². The molecule has 1 aromatic rings. The standard InChI is InChI=1S/C19H35N2P.CH2O.ClH.Ru.H/c1-9-21(10-2)14-16-12-11-13-17(20-16)15-22(18(3,4)5)19(6,7)8;1-2;;;/h11-13H,9-10,14-15H2,1-8H3;1H2;1H;;/q;;;+2;-1/p-1. The molecule has 0 atom stereocenters. The van der Waals surface area contributed by atoms with E-state index in [0.29, 0.717) is 10.3 Å². The molecule has 1 rings (SSSR count). The monoisotopic (exact) mass is 490 g/mol. The minimum atomic E-state index is -0.135. The molecule has 0 spiro atoms. The molecule has 154 valence electrons. The van der Waals surface area contributed by atoms with E-state index in [1.807, 2.05) is 6.79 Å². The van der Waals surface area contributed by atoms with Gasteiger partial charge in [-0.05, 0) is 35.5 Å². The summed E-state index contributed by atoms with van der Waals surface area (Å²) < 4.78 is 0. The zero-order valence-electron chi connectivity index (χ0n) is 18.7. The Hall–Kier alpha value is 0.123. The number of hydrogen-bond donors (Lipinski definition) is 0. The summed E-state index contributed by atoms with van der Waals surface area (Å²) in [7, 11) is -0.135. The minimum Gasteiger partial charge on any atom is -1.00 e. The Kier molecular flexibility index (Phi) is 16.8. The second-order valence-corrected chi connectivity index (χ2v) is 11.9. The van der Waals surface area contributed by atoms with E-state index in [9.17, 15) is 0 Å². The Morgan fingerprint density at radius 1 is 1.00 bits per heavy atom. The normalized spacial score (nSPS) is 11.3. The van der Waals surface area contributed by atoms with E-state index < -0.39 is 0 Å². The van der Waals surface area contributed by atoms with Gasteiger partial charge in [-0.25, -0.2) is 0 Å². The number of aromatic nitrogens is 1. The van der Waals surface area contributed by atoms with Crippen molar-refractivity contribution in [3.05, 3.63) is 29.6 Å². The fourth-order valence-corrected chi connectivity index (χ4v) is 6.49. The van der Waals surface area contributed by atoms with Crippen LogP contribution in [0.15, 0.2) is 18.2 Å². The van der Waals surface area contributed by atoms with Gasteiger partial charge in [-0.3, -0.25) is 9.88 Å². The van der Waals surface area contributed by atoms with Crippen LogP contribution in [0.4, 0.5) is 0 Å². The van der Waals surface area contributed by atoms with Crippen LogP contribution in [0, 0.1) is 0 Å². The SMILES string of the molecule is C=O.CCN(CC)Cc1cccc(CP(C(C)(C)C)C(C)(C)C)n1.[Cl-].[H-].[Ru+2]. The van der Waals surface area contributed by atoms with Gasteiger partial charge in [0, 0.05) is 18.4 Å². The molecule has 6 heteroatoms. The van der Waals surface area contributed by atoms with Gasteiger partial charge in [-0.1, -0.05) is 69.4 Å². The van der Waals surface area contributed by atoms with Gasteiger partial charge >= 0.3 is 19.5 Å². The molecule has 0 aliphatic heterocycles. The van der Waals surface area contributed by atoms with Gasteiger partial charge in [0.05, 0.1) is 5.69 Å². The maximum atomic E-state index is 8.00. The molecule has 1 aromatic heterocycles. The third-order valence-electron chi connectivity index (χ3n) is 4.08. The maximum absolute atomic E-state index is 8.00. The van der Waals surface area contributed by atoms with E-state index in [-0.39, 0.29) is 41.2 Å². The van der Waals surface area contributed by atoms with E-state index in [1.165, 1.54) is 11.4 Å². The molecule has 0 N–H and O–H groups in total. The van der Waals surface area contributed by atoms with Crippen molar-refractivity contribution in [2.45, 2.75) is 78.4 Å². The molecule has 1 heterocycles. The van der Waals surface area contributed by atoms with Crippen LogP contribution in [0.1, 0.15) is 68.2 Å². The summed E-state index contributed by atoms with van der Waals surface area (Å²) in [4.78, 5) is 15.4. The van der Waals surface area contributed by atoms with Gasteiger partial charge in [0.1, 0.15) is 6.79 Å². The smallest absolute Gasteiger partial charge is 1.00 e. The van der Waals surface area contributed by atoms with Crippen LogP contribution < -0.4 is 12.4 Å². The molecular weight excluding hydrogens is 452 g/mol. The molecule has 0 saturated heterocycles. The third-order valence-corrected chi connectivity index (χ3v) is 7.96. The molecule has 0 unspecified atom stereocenters. The Morgan fingerprint density at radius 3 is 1.81 bits per heavy atom. The van der Waals surface area contributed by atoms with Gasteiger partial charge in [0.2, 0.25) is 0 Å². The Bertz CT molecular complexity index is 478. The van der Waals surface area contributed by atoms with Crippen LogP contribution in [-0.2, 0) is 37.0 Å². The predicted molar refractivity (Wildman–Crippen MR) is 109 cm³/mol. The average molecular weight is 490 g/mol. The van der Waals surface area contributed by atoms with Crippen LogP contribution >= 0.6 is 7.92 Å². The second-order valence-electron chi connectivity index (χ2n) is 8.01. The largest absolute Gasteiger partial charge is 2.00 e. The maximum Gasteiger partial charge on any atom is 2.00 e. The molecule has 0 aliphatic carbocycles. The van der Waals surface area contributed by atoms with E-state index in [0.717, 1.165) is 25.8 Å². The third kappa shape index (κ3) is 11.1. The molecule has 0 saturated carbocycles. The molecule has 0 bridgehead atoms. The molecule has 0 fully saturated rings. The van der Waals surface area contributed by atoms with Crippen LogP contribution in [-0.4, -0.2) is 40.1 Å². The molecule has 0 amide bonds. The number of carbonyl (C=O) groups is 1. The topological polar surface area (TPSA) is 33.2 Å². The first-order valence-corrected chi connectivity index (χ1v) is 10.3. The summed E-state index contributed by atoms with van der Waals surface area (Å²) in [6.07, 6.45) is 1.12. The van der Waals surface area contributed by atoms with Crippen molar-refractivity contribution >= 4 is 14.7 Å². The number of halogens is 1. The Balaban J connectivity index is -0.000000511. The average Bonchev–Trinajstić information content (AvgIpc) is 2.50. The Labute approximate surface area is 183 Å². The zero-order chi connectivity index (χ0) is 19.0. The fourth-order valence-electron chi connectivity index (χ4n) is 3.02. The van der Waals surface area contributed by atoms with Crippen molar-refractivity contribution in [3.8, 4) is 0 Å². The summed E-state index contributed by atoms with van der Waals surface area (Å²) in [5.74, 6) is 0. The van der Waals surface area contributed by atoms with E-state index in [2.05, 4.69) is 78.5 Å². The van der Waals surface area contributed by atoms with Crippen LogP contribution in [0.3, 0.4) is 0 Å². The first-order chi connectivity index (χ1) is 11.1. The number of rotatable bonds is 6. The molecule has 0 aromatic carbocycles. The molecule has 26 heavy (non-hydrogen) atoms. The molecule has 0 aliphatic rings. The predicted octanol–water partition coefficient (Wildman–Crippen LogP) is 2.43. The summed E-state index contributed by atoms with van der Waals surface area (Å²) in [5.41, 5.74) is 2.47. The molecule has 3 nitrogen and oxygen atoms in total. The van der Waals surface area contributed by atoms with E-state index in [1.54, 1.807) is 0 Å². The zero-order valence-corrected chi connectivity index (χ0v) is 21.1. The van der Waals surface area contributed by atoms with E-state index >= 15 is 0 Å². The van der Waals surface area contributed by atoms with Crippen LogP contribution in [0.2, 0.25) is 0 Å². The second kappa shape index (κ2) is 14.2. The van der Waals surface area contributed by atoms with Crippen molar-refractivity contribution in [2.75, 3.05) is 13.1 Å². The van der Waals surface area contributed by atoms with Crippen LogP contribution in [0.25, 0.3) is 0 Å². The van der Waals surface area contributed by atoms with Crippen molar-refractivity contribution in [1.29, 1.82) is 0 Å². The van der Waals surface area contributed by atoms with Gasteiger partial charge in [0.25, 0.3) is 0 Å². The van der Waals surface area contributed by atoms with E-state index in [4.69, 9.17) is 9.78 Å². The number of carbonyl (C=O) groups excluding carboxylic acids is 1. The number of pyridine rings is 1.